The van der Waals surface area contributed by atoms with Crippen molar-refractivity contribution in [2.45, 2.75) is 219 Å². The van der Waals surface area contributed by atoms with E-state index in [2.05, 4.69) is 81.5 Å². The molecule has 0 aliphatic rings. The van der Waals surface area contributed by atoms with E-state index in [9.17, 15) is 14.4 Å². The van der Waals surface area contributed by atoms with Crippen LogP contribution < -0.4 is 0 Å². The average molecular weight is 795 g/mol. The van der Waals surface area contributed by atoms with Gasteiger partial charge in [0.25, 0.3) is 0 Å². The standard InChI is InChI=1S/C51H86O6/c1-4-7-10-13-16-19-21-22-23-24-25-26-27-28-30-32-35-38-41-44-50(53)56-47-48(46-55-49(52)43-40-37-34-31-18-15-12-9-6-3)57-51(54)45-42-39-36-33-29-20-17-14-11-8-5-2/h8-9,11-12,17-18,20,31,33,36-37,40,48H,4-7,10,13-16,19,21-30,32,34-35,38-39,41-47H2,1-3H3/b11-8-,12-9-,20-17-,31-18-,36-33-,40-37-. The van der Waals surface area contributed by atoms with Crippen molar-refractivity contribution in [3.63, 3.8) is 0 Å². The highest BCUT2D eigenvalue weighted by atomic mass is 16.6. The summed E-state index contributed by atoms with van der Waals surface area (Å²) in [7, 11) is 0. The van der Waals surface area contributed by atoms with Crippen LogP contribution in [-0.2, 0) is 28.6 Å². The van der Waals surface area contributed by atoms with Crippen LogP contribution in [0.3, 0.4) is 0 Å². The van der Waals surface area contributed by atoms with E-state index in [0.717, 1.165) is 64.2 Å². The van der Waals surface area contributed by atoms with E-state index >= 15 is 0 Å². The lowest BCUT2D eigenvalue weighted by atomic mass is 10.0. The first-order valence-electron chi connectivity index (χ1n) is 23.4. The number of allylic oxidation sites excluding steroid dienone is 11. The zero-order chi connectivity index (χ0) is 41.5. The number of esters is 3. The molecule has 0 aromatic carbocycles. The highest BCUT2D eigenvalue weighted by Gasteiger charge is 2.19. The topological polar surface area (TPSA) is 78.9 Å². The molecule has 326 valence electrons. The second-order valence-corrected chi connectivity index (χ2v) is 15.3. The Balaban J connectivity index is 4.35. The van der Waals surface area contributed by atoms with Crippen molar-refractivity contribution >= 4 is 17.9 Å². The van der Waals surface area contributed by atoms with Gasteiger partial charge in [-0.15, -0.1) is 0 Å². The predicted octanol–water partition coefficient (Wildman–Crippen LogP) is 15.1. The van der Waals surface area contributed by atoms with Crippen molar-refractivity contribution in [2.75, 3.05) is 13.2 Å². The Kier molecular flexibility index (Phi) is 43.0. The zero-order valence-electron chi connectivity index (χ0n) is 37.1. The quantitative estimate of drug-likeness (QED) is 0.0265. The molecule has 6 nitrogen and oxygen atoms in total. The van der Waals surface area contributed by atoms with E-state index in [0.29, 0.717) is 12.8 Å². The Labute approximate surface area is 351 Å². The molecule has 0 aromatic heterocycles. The molecule has 0 saturated carbocycles. The van der Waals surface area contributed by atoms with Crippen molar-refractivity contribution < 1.29 is 28.6 Å². The fourth-order valence-corrected chi connectivity index (χ4v) is 6.29. The van der Waals surface area contributed by atoms with Crippen LogP contribution in [0, 0.1) is 0 Å². The van der Waals surface area contributed by atoms with Gasteiger partial charge in [-0.2, -0.15) is 0 Å². The third-order valence-electron chi connectivity index (χ3n) is 9.74. The normalized spacial score (nSPS) is 12.7. The second-order valence-electron chi connectivity index (χ2n) is 15.3. The average Bonchev–Trinajstić information content (AvgIpc) is 3.21. The van der Waals surface area contributed by atoms with Gasteiger partial charge in [-0.1, -0.05) is 209 Å². The molecule has 0 fully saturated rings. The third-order valence-corrected chi connectivity index (χ3v) is 9.74. The predicted molar refractivity (Wildman–Crippen MR) is 242 cm³/mol. The van der Waals surface area contributed by atoms with Crippen LogP contribution in [0.1, 0.15) is 213 Å². The van der Waals surface area contributed by atoms with Crippen LogP contribution in [0.25, 0.3) is 0 Å². The third kappa shape index (κ3) is 43.8. The Morgan fingerprint density at radius 3 is 1.21 bits per heavy atom. The first kappa shape index (κ1) is 53.9. The molecule has 6 heteroatoms. The molecular formula is C51H86O6. The Morgan fingerprint density at radius 1 is 0.386 bits per heavy atom. The largest absolute Gasteiger partial charge is 0.462 e. The number of carbonyl (C=O) groups excluding carboxylic acids is 3. The molecule has 0 aliphatic carbocycles. The van der Waals surface area contributed by atoms with Gasteiger partial charge in [0, 0.05) is 12.8 Å². The van der Waals surface area contributed by atoms with Crippen LogP contribution in [0.15, 0.2) is 72.9 Å². The summed E-state index contributed by atoms with van der Waals surface area (Å²) < 4.78 is 16.5. The molecule has 1 unspecified atom stereocenters. The fraction of sp³-hybridized carbons (Fsp3) is 0.706. The molecule has 0 N–H and O–H groups in total. The van der Waals surface area contributed by atoms with Gasteiger partial charge >= 0.3 is 17.9 Å². The Hall–Kier alpha value is -3.15. The van der Waals surface area contributed by atoms with Crippen LogP contribution in [0.4, 0.5) is 0 Å². The summed E-state index contributed by atoms with van der Waals surface area (Å²) in [5, 5.41) is 0. The van der Waals surface area contributed by atoms with Crippen molar-refractivity contribution in [1.29, 1.82) is 0 Å². The van der Waals surface area contributed by atoms with Crippen LogP contribution in [-0.4, -0.2) is 37.2 Å². The maximum atomic E-state index is 12.7. The number of carbonyl (C=O) groups is 3. The minimum Gasteiger partial charge on any atom is -0.462 e. The van der Waals surface area contributed by atoms with E-state index in [1.807, 2.05) is 6.08 Å². The van der Waals surface area contributed by atoms with E-state index in [-0.39, 0.29) is 38.0 Å². The summed E-state index contributed by atoms with van der Waals surface area (Å²) in [6.07, 6.45) is 56.6. The van der Waals surface area contributed by atoms with E-state index in [1.165, 1.54) is 103 Å². The SMILES string of the molecule is CC/C=C\C/C=C\C/C=C\CCCC(=O)OC(COC(=O)C/C=C\C/C=C\C/C=C\CC)COC(=O)CCCCCCCCCCCCCCCCCCCCC. The van der Waals surface area contributed by atoms with Crippen LogP contribution in [0.2, 0.25) is 0 Å². The van der Waals surface area contributed by atoms with Crippen LogP contribution >= 0.6 is 0 Å². The highest BCUT2D eigenvalue weighted by Crippen LogP contribution is 2.15. The van der Waals surface area contributed by atoms with Gasteiger partial charge in [0.2, 0.25) is 0 Å². The molecule has 57 heavy (non-hydrogen) atoms. The molecule has 0 spiro atoms. The molecule has 0 saturated heterocycles. The minimum atomic E-state index is -0.832. The number of ether oxygens (including phenoxy) is 3. The van der Waals surface area contributed by atoms with Gasteiger partial charge in [0.05, 0.1) is 6.42 Å². The lowest BCUT2D eigenvalue weighted by molar-refractivity contribution is -0.166. The molecule has 0 aliphatic heterocycles. The summed E-state index contributed by atoms with van der Waals surface area (Å²) in [5.41, 5.74) is 0. The van der Waals surface area contributed by atoms with E-state index < -0.39 is 12.1 Å². The minimum absolute atomic E-state index is 0.121. The van der Waals surface area contributed by atoms with Crippen LogP contribution in [0.5, 0.6) is 0 Å². The van der Waals surface area contributed by atoms with Crippen molar-refractivity contribution in [1.82, 2.24) is 0 Å². The smallest absolute Gasteiger partial charge is 0.309 e. The van der Waals surface area contributed by atoms with Gasteiger partial charge in [-0.25, -0.2) is 0 Å². The monoisotopic (exact) mass is 795 g/mol. The van der Waals surface area contributed by atoms with Crippen molar-refractivity contribution in [2.24, 2.45) is 0 Å². The fourth-order valence-electron chi connectivity index (χ4n) is 6.29. The highest BCUT2D eigenvalue weighted by molar-refractivity contribution is 5.72. The van der Waals surface area contributed by atoms with E-state index in [1.54, 1.807) is 6.08 Å². The van der Waals surface area contributed by atoms with Crippen molar-refractivity contribution in [3.8, 4) is 0 Å². The zero-order valence-corrected chi connectivity index (χ0v) is 37.1. The van der Waals surface area contributed by atoms with Gasteiger partial charge in [-0.05, 0) is 57.8 Å². The number of unbranched alkanes of at least 4 members (excludes halogenated alkanes) is 19. The van der Waals surface area contributed by atoms with Gasteiger partial charge < -0.3 is 14.2 Å². The molecule has 0 aromatic rings. The first-order chi connectivity index (χ1) is 28.0. The molecule has 0 bridgehead atoms. The summed E-state index contributed by atoms with van der Waals surface area (Å²) in [6, 6.07) is 0. The maximum Gasteiger partial charge on any atom is 0.309 e. The first-order valence-corrected chi connectivity index (χ1v) is 23.4. The molecule has 0 amide bonds. The maximum absolute atomic E-state index is 12.7. The number of hydrogen-bond acceptors (Lipinski definition) is 6. The van der Waals surface area contributed by atoms with Gasteiger partial charge in [0.1, 0.15) is 13.2 Å². The molecule has 0 heterocycles. The lowest BCUT2D eigenvalue weighted by Gasteiger charge is -2.18. The van der Waals surface area contributed by atoms with E-state index in [4.69, 9.17) is 14.2 Å². The summed E-state index contributed by atoms with van der Waals surface area (Å²) in [6.45, 7) is 6.25. The summed E-state index contributed by atoms with van der Waals surface area (Å²) in [5.74, 6) is -1.11. The summed E-state index contributed by atoms with van der Waals surface area (Å²) in [4.78, 5) is 37.6. The van der Waals surface area contributed by atoms with Gasteiger partial charge in [0.15, 0.2) is 6.10 Å². The second kappa shape index (κ2) is 45.6. The molecule has 0 rings (SSSR count). The van der Waals surface area contributed by atoms with Crippen molar-refractivity contribution in [3.05, 3.63) is 72.9 Å². The lowest BCUT2D eigenvalue weighted by Crippen LogP contribution is -2.30. The Bertz CT molecular complexity index is 1100. The molecule has 1 atom stereocenters. The number of hydrogen-bond donors (Lipinski definition) is 0. The Morgan fingerprint density at radius 2 is 0.754 bits per heavy atom. The molecule has 0 radical (unpaired) electrons. The summed E-state index contributed by atoms with van der Waals surface area (Å²) >= 11 is 0. The van der Waals surface area contributed by atoms with Gasteiger partial charge in [-0.3, -0.25) is 14.4 Å². The molecular weight excluding hydrogens is 709 g/mol. The number of rotatable bonds is 41.